The van der Waals surface area contributed by atoms with Crippen LogP contribution in [0.3, 0.4) is 0 Å². The summed E-state index contributed by atoms with van der Waals surface area (Å²) >= 11 is 0. The Balaban J connectivity index is -0.000000150. The smallest absolute Gasteiger partial charge is 0.0311 e. The molecule has 0 N–H and O–H groups in total. The van der Waals surface area contributed by atoms with E-state index in [0.29, 0.717) is 0 Å². The maximum absolute atomic E-state index is 8.52. The molecular formula is C6H15AgNO4S-2. The standard InChI is InChI=1S/C6H15N.Ag.H2O4S/c1-4-7(5-2)6-3;;1-5(2,3)4/h4-6H2,1-3H3;;(H2,1,2,3,4)/p-2. The van der Waals surface area contributed by atoms with Gasteiger partial charge in [-0.2, -0.15) is 0 Å². The van der Waals surface area contributed by atoms with Gasteiger partial charge in [-0.05, 0) is 19.6 Å². The van der Waals surface area contributed by atoms with Crippen LogP contribution in [0.25, 0.3) is 0 Å². The minimum Gasteiger partial charge on any atom is -0.759 e. The molecule has 0 aliphatic heterocycles. The van der Waals surface area contributed by atoms with E-state index in [1.165, 1.54) is 19.6 Å². The maximum Gasteiger partial charge on any atom is 0.0311 e. The van der Waals surface area contributed by atoms with Crippen molar-refractivity contribution in [1.82, 2.24) is 4.90 Å². The van der Waals surface area contributed by atoms with Crippen LogP contribution in [0.5, 0.6) is 0 Å². The summed E-state index contributed by atoms with van der Waals surface area (Å²) in [5.74, 6) is 0. The predicted molar refractivity (Wildman–Crippen MR) is 43.9 cm³/mol. The zero-order chi connectivity index (χ0) is 10.2. The Labute approximate surface area is 95.6 Å². The zero-order valence-electron chi connectivity index (χ0n) is 7.91. The van der Waals surface area contributed by atoms with Gasteiger partial charge in [-0.25, -0.2) is 0 Å². The van der Waals surface area contributed by atoms with E-state index in [4.69, 9.17) is 17.5 Å². The Kier molecular flexibility index (Phi) is 15.7. The molecule has 0 aliphatic carbocycles. The van der Waals surface area contributed by atoms with Crippen LogP contribution in [0.2, 0.25) is 0 Å². The Morgan fingerprint density at radius 2 is 1.15 bits per heavy atom. The Morgan fingerprint density at radius 3 is 1.15 bits per heavy atom. The van der Waals surface area contributed by atoms with Gasteiger partial charge in [0, 0.05) is 32.8 Å². The first kappa shape index (κ1) is 19.2. The molecule has 0 bridgehead atoms. The third-order valence-corrected chi connectivity index (χ3v) is 1.34. The van der Waals surface area contributed by atoms with Gasteiger partial charge in [0.2, 0.25) is 0 Å². The minimum absolute atomic E-state index is 0. The molecule has 0 saturated carbocycles. The van der Waals surface area contributed by atoms with Crippen molar-refractivity contribution in [3.63, 3.8) is 0 Å². The molecule has 0 aliphatic rings. The fourth-order valence-corrected chi connectivity index (χ4v) is 0.671. The van der Waals surface area contributed by atoms with E-state index in [9.17, 15) is 0 Å². The molecule has 1 radical (unpaired) electrons. The summed E-state index contributed by atoms with van der Waals surface area (Å²) in [6, 6.07) is 0. The van der Waals surface area contributed by atoms with E-state index in [2.05, 4.69) is 25.7 Å². The molecule has 0 spiro atoms. The van der Waals surface area contributed by atoms with E-state index < -0.39 is 10.4 Å². The number of hydrogen-bond acceptors (Lipinski definition) is 5. The predicted octanol–water partition coefficient (Wildman–Crippen LogP) is 0.00760. The molecule has 0 unspecified atom stereocenters. The third-order valence-electron chi connectivity index (χ3n) is 1.34. The van der Waals surface area contributed by atoms with E-state index in [-0.39, 0.29) is 22.4 Å². The fraction of sp³-hybridized carbons (Fsp3) is 1.00. The van der Waals surface area contributed by atoms with Gasteiger partial charge >= 0.3 is 0 Å². The summed E-state index contributed by atoms with van der Waals surface area (Å²) in [4.78, 5) is 2.38. The molecule has 13 heavy (non-hydrogen) atoms. The van der Waals surface area contributed by atoms with Gasteiger partial charge in [-0.1, -0.05) is 20.8 Å². The van der Waals surface area contributed by atoms with E-state index in [0.717, 1.165) is 0 Å². The van der Waals surface area contributed by atoms with Crippen LogP contribution in [-0.4, -0.2) is 42.1 Å². The minimum atomic E-state index is -5.17. The second-order valence-electron chi connectivity index (χ2n) is 2.03. The second-order valence-corrected chi connectivity index (χ2v) is 2.84. The summed E-state index contributed by atoms with van der Waals surface area (Å²) < 4.78 is 34.1. The maximum atomic E-state index is 8.52. The van der Waals surface area contributed by atoms with Crippen LogP contribution in [0.4, 0.5) is 0 Å². The molecular weight excluding hydrogens is 290 g/mol. The van der Waals surface area contributed by atoms with Crippen molar-refractivity contribution >= 4 is 10.4 Å². The average molecular weight is 305 g/mol. The van der Waals surface area contributed by atoms with Crippen LogP contribution in [0.15, 0.2) is 0 Å². The zero-order valence-corrected chi connectivity index (χ0v) is 10.2. The first-order chi connectivity index (χ1) is 5.35. The van der Waals surface area contributed by atoms with Crippen LogP contribution in [-0.2, 0) is 32.8 Å². The molecule has 87 valence electrons. The monoisotopic (exact) mass is 304 g/mol. The topological polar surface area (TPSA) is 83.5 Å². The normalized spacial score (nSPS) is 10.0. The van der Waals surface area contributed by atoms with Gasteiger partial charge in [-0.15, -0.1) is 0 Å². The van der Waals surface area contributed by atoms with Crippen molar-refractivity contribution in [2.24, 2.45) is 0 Å². The SMILES string of the molecule is CCN(CC)CC.O=S(=O)([O-])[O-].[Ag]. The Bertz CT molecular complexity index is 166. The molecule has 0 aromatic heterocycles. The molecule has 7 heteroatoms. The molecule has 0 saturated heterocycles. The summed E-state index contributed by atoms with van der Waals surface area (Å²) in [5.41, 5.74) is 0. The Morgan fingerprint density at radius 1 is 1.00 bits per heavy atom. The molecule has 0 heterocycles. The number of hydrogen-bond donors (Lipinski definition) is 0. The van der Waals surface area contributed by atoms with E-state index in [1.54, 1.807) is 0 Å². The fourth-order valence-electron chi connectivity index (χ4n) is 0.671. The second kappa shape index (κ2) is 10.6. The van der Waals surface area contributed by atoms with Crippen molar-refractivity contribution in [1.29, 1.82) is 0 Å². The average Bonchev–Trinajstić information content (AvgIpc) is 1.88. The van der Waals surface area contributed by atoms with Gasteiger partial charge in [-0.3, -0.25) is 8.42 Å². The van der Waals surface area contributed by atoms with Crippen LogP contribution in [0.1, 0.15) is 20.8 Å². The van der Waals surface area contributed by atoms with Crippen molar-refractivity contribution < 1.29 is 39.9 Å². The van der Waals surface area contributed by atoms with Gasteiger partial charge in [0.05, 0.1) is 0 Å². The molecule has 5 nitrogen and oxygen atoms in total. The van der Waals surface area contributed by atoms with Gasteiger partial charge in [0.15, 0.2) is 0 Å². The summed E-state index contributed by atoms with van der Waals surface area (Å²) in [7, 11) is -5.17. The molecule has 0 fully saturated rings. The molecule has 0 aromatic carbocycles. The van der Waals surface area contributed by atoms with Crippen molar-refractivity contribution in [2.45, 2.75) is 20.8 Å². The van der Waals surface area contributed by atoms with Crippen LogP contribution in [0, 0.1) is 0 Å². The molecule has 0 atom stereocenters. The Hall–Kier alpha value is 0.570. The third kappa shape index (κ3) is 32.5. The van der Waals surface area contributed by atoms with Crippen LogP contribution < -0.4 is 0 Å². The van der Waals surface area contributed by atoms with Gasteiger partial charge in [0.25, 0.3) is 0 Å². The van der Waals surface area contributed by atoms with E-state index >= 15 is 0 Å². The molecule has 0 aromatic rings. The molecule has 0 rings (SSSR count). The summed E-state index contributed by atoms with van der Waals surface area (Å²) in [6.45, 7) is 10.1. The number of nitrogens with zero attached hydrogens (tertiary/aromatic N) is 1. The first-order valence-electron chi connectivity index (χ1n) is 3.74. The first-order valence-corrected chi connectivity index (χ1v) is 5.07. The summed E-state index contributed by atoms with van der Waals surface area (Å²) in [5, 5.41) is 0. The largest absolute Gasteiger partial charge is 0.759 e. The van der Waals surface area contributed by atoms with Crippen LogP contribution >= 0.6 is 0 Å². The van der Waals surface area contributed by atoms with Crippen molar-refractivity contribution in [3.8, 4) is 0 Å². The number of rotatable bonds is 3. The van der Waals surface area contributed by atoms with Crippen molar-refractivity contribution in [2.75, 3.05) is 19.6 Å². The summed E-state index contributed by atoms with van der Waals surface area (Å²) in [6.07, 6.45) is 0. The van der Waals surface area contributed by atoms with Gasteiger partial charge in [0.1, 0.15) is 0 Å². The quantitative estimate of drug-likeness (QED) is 0.416. The molecule has 0 amide bonds. The van der Waals surface area contributed by atoms with Gasteiger partial charge < -0.3 is 14.0 Å². The van der Waals surface area contributed by atoms with E-state index in [1.807, 2.05) is 0 Å². The van der Waals surface area contributed by atoms with Crippen molar-refractivity contribution in [3.05, 3.63) is 0 Å².